The number of hydrogen-bond donors (Lipinski definition) is 0. The molecule has 0 fully saturated rings. The van der Waals surface area contributed by atoms with Crippen molar-refractivity contribution >= 4 is 32.3 Å². The van der Waals surface area contributed by atoms with E-state index in [2.05, 4.69) is 91.0 Å². The quantitative estimate of drug-likeness (QED) is 0.211. The predicted octanol–water partition coefficient (Wildman–Crippen LogP) is 10.00. The Bertz CT molecular complexity index is 2170. The van der Waals surface area contributed by atoms with E-state index in [0.717, 1.165) is 22.1 Å². The molecule has 0 bridgehead atoms. The van der Waals surface area contributed by atoms with Gasteiger partial charge in [-0.1, -0.05) is 140 Å². The SMILES string of the molecule is c1ccc(-c2nc(-c3ccccc3)nc(-c3cc4c5ccccc5c(-c5ccccc5)cc4c4ccccc34)n2)cc1. The van der Waals surface area contributed by atoms with Crippen LogP contribution in [0.15, 0.2) is 152 Å². The van der Waals surface area contributed by atoms with E-state index in [1.165, 1.54) is 38.1 Å². The van der Waals surface area contributed by atoms with Crippen LogP contribution in [0.1, 0.15) is 0 Å². The van der Waals surface area contributed by atoms with Crippen LogP contribution in [0.5, 0.6) is 0 Å². The summed E-state index contributed by atoms with van der Waals surface area (Å²) in [6.45, 7) is 0. The molecule has 0 unspecified atom stereocenters. The molecule has 0 aliphatic carbocycles. The minimum absolute atomic E-state index is 0.660. The molecule has 0 radical (unpaired) electrons. The first-order valence-corrected chi connectivity index (χ1v) is 14.1. The number of hydrogen-bond acceptors (Lipinski definition) is 3. The third-order valence-corrected chi connectivity index (χ3v) is 7.91. The summed E-state index contributed by atoms with van der Waals surface area (Å²) in [4.78, 5) is 15.1. The zero-order valence-corrected chi connectivity index (χ0v) is 22.8. The first-order chi connectivity index (χ1) is 20.8. The topological polar surface area (TPSA) is 38.7 Å². The van der Waals surface area contributed by atoms with Crippen LogP contribution < -0.4 is 0 Å². The standard InChI is InChI=1S/C39H25N3/c1-4-14-26(15-5-1)33-24-34-31-22-12-13-23-32(31)36(25-35(34)30-21-11-10-20-29(30)33)39-41-37(27-16-6-2-7-17-27)40-38(42-39)28-18-8-3-9-19-28/h1-25H. The van der Waals surface area contributed by atoms with Crippen LogP contribution in [0, 0.1) is 0 Å². The summed E-state index contributed by atoms with van der Waals surface area (Å²) in [5.41, 5.74) is 5.35. The number of nitrogens with zero attached hydrogens (tertiary/aromatic N) is 3. The lowest BCUT2D eigenvalue weighted by Crippen LogP contribution is -2.00. The Kier molecular flexibility index (Phi) is 5.79. The molecule has 1 aromatic heterocycles. The third kappa shape index (κ3) is 4.11. The molecule has 8 aromatic rings. The van der Waals surface area contributed by atoms with Crippen molar-refractivity contribution in [2.24, 2.45) is 0 Å². The molecular formula is C39H25N3. The van der Waals surface area contributed by atoms with Gasteiger partial charge in [0.1, 0.15) is 0 Å². The number of fused-ring (bicyclic) bond motifs is 5. The van der Waals surface area contributed by atoms with Crippen molar-refractivity contribution in [3.8, 4) is 45.3 Å². The maximum atomic E-state index is 5.08. The summed E-state index contributed by atoms with van der Waals surface area (Å²) >= 11 is 0. The van der Waals surface area contributed by atoms with E-state index in [0.29, 0.717) is 17.5 Å². The first-order valence-electron chi connectivity index (χ1n) is 14.1. The maximum Gasteiger partial charge on any atom is 0.164 e. The van der Waals surface area contributed by atoms with Gasteiger partial charge < -0.3 is 0 Å². The van der Waals surface area contributed by atoms with Gasteiger partial charge in [-0.25, -0.2) is 15.0 Å². The van der Waals surface area contributed by atoms with E-state index in [4.69, 9.17) is 15.0 Å². The van der Waals surface area contributed by atoms with Crippen molar-refractivity contribution in [1.82, 2.24) is 15.0 Å². The Hall–Kier alpha value is -5.67. The van der Waals surface area contributed by atoms with Crippen LogP contribution in [-0.4, -0.2) is 15.0 Å². The second kappa shape index (κ2) is 10.1. The van der Waals surface area contributed by atoms with Crippen molar-refractivity contribution in [3.63, 3.8) is 0 Å². The number of benzene rings is 7. The maximum absolute atomic E-state index is 5.08. The lowest BCUT2D eigenvalue weighted by Gasteiger charge is -2.16. The summed E-state index contributed by atoms with van der Waals surface area (Å²) < 4.78 is 0. The highest BCUT2D eigenvalue weighted by Gasteiger charge is 2.18. The molecule has 3 nitrogen and oxygen atoms in total. The van der Waals surface area contributed by atoms with Crippen LogP contribution in [0.25, 0.3) is 77.6 Å². The minimum Gasteiger partial charge on any atom is -0.208 e. The molecule has 196 valence electrons. The largest absolute Gasteiger partial charge is 0.208 e. The molecule has 0 spiro atoms. The van der Waals surface area contributed by atoms with Gasteiger partial charge in [-0.05, 0) is 55.6 Å². The first kappa shape index (κ1) is 24.2. The highest BCUT2D eigenvalue weighted by Crippen LogP contribution is 2.41. The molecule has 0 saturated carbocycles. The number of rotatable bonds is 4. The minimum atomic E-state index is 0.660. The van der Waals surface area contributed by atoms with Gasteiger partial charge in [0, 0.05) is 16.7 Å². The Labute approximate surface area is 243 Å². The fourth-order valence-electron chi connectivity index (χ4n) is 5.92. The molecule has 0 aliphatic heterocycles. The van der Waals surface area contributed by atoms with Gasteiger partial charge in [0.15, 0.2) is 17.5 Å². The Balaban J connectivity index is 1.46. The van der Waals surface area contributed by atoms with E-state index in [1.54, 1.807) is 0 Å². The summed E-state index contributed by atoms with van der Waals surface area (Å²) in [6, 6.07) is 52.8. The van der Waals surface area contributed by atoms with Crippen LogP contribution in [-0.2, 0) is 0 Å². The fourth-order valence-corrected chi connectivity index (χ4v) is 5.92. The lowest BCUT2D eigenvalue weighted by molar-refractivity contribution is 1.08. The molecule has 8 rings (SSSR count). The molecule has 3 heteroatoms. The second-order valence-electron chi connectivity index (χ2n) is 10.4. The van der Waals surface area contributed by atoms with Crippen molar-refractivity contribution < 1.29 is 0 Å². The van der Waals surface area contributed by atoms with E-state index < -0.39 is 0 Å². The zero-order chi connectivity index (χ0) is 27.9. The molecule has 42 heavy (non-hydrogen) atoms. The Morgan fingerprint density at radius 1 is 0.262 bits per heavy atom. The second-order valence-corrected chi connectivity index (χ2v) is 10.4. The Morgan fingerprint density at radius 3 is 1.12 bits per heavy atom. The summed E-state index contributed by atoms with van der Waals surface area (Å²) in [6.07, 6.45) is 0. The average Bonchev–Trinajstić information content (AvgIpc) is 3.08. The zero-order valence-electron chi connectivity index (χ0n) is 22.8. The number of aromatic nitrogens is 3. The lowest BCUT2D eigenvalue weighted by atomic mass is 9.89. The fraction of sp³-hybridized carbons (Fsp3) is 0. The molecule has 0 N–H and O–H groups in total. The van der Waals surface area contributed by atoms with Gasteiger partial charge in [-0.3, -0.25) is 0 Å². The molecule has 0 aliphatic rings. The van der Waals surface area contributed by atoms with Crippen molar-refractivity contribution in [2.45, 2.75) is 0 Å². The third-order valence-electron chi connectivity index (χ3n) is 7.91. The molecule has 0 amide bonds. The van der Waals surface area contributed by atoms with Crippen LogP contribution in [0.4, 0.5) is 0 Å². The van der Waals surface area contributed by atoms with E-state index in [-0.39, 0.29) is 0 Å². The van der Waals surface area contributed by atoms with Crippen molar-refractivity contribution in [1.29, 1.82) is 0 Å². The predicted molar refractivity (Wildman–Crippen MR) is 174 cm³/mol. The average molecular weight is 536 g/mol. The van der Waals surface area contributed by atoms with E-state index >= 15 is 0 Å². The molecule has 7 aromatic carbocycles. The van der Waals surface area contributed by atoms with Gasteiger partial charge in [0.05, 0.1) is 0 Å². The molecule has 0 atom stereocenters. The summed E-state index contributed by atoms with van der Waals surface area (Å²) in [5.74, 6) is 1.98. The van der Waals surface area contributed by atoms with Crippen molar-refractivity contribution in [3.05, 3.63) is 152 Å². The van der Waals surface area contributed by atoms with Crippen LogP contribution in [0.3, 0.4) is 0 Å². The van der Waals surface area contributed by atoms with Gasteiger partial charge in [-0.15, -0.1) is 0 Å². The van der Waals surface area contributed by atoms with Crippen LogP contribution in [0.2, 0.25) is 0 Å². The van der Waals surface area contributed by atoms with Gasteiger partial charge in [0.2, 0.25) is 0 Å². The van der Waals surface area contributed by atoms with Gasteiger partial charge in [-0.2, -0.15) is 0 Å². The molecule has 0 saturated heterocycles. The smallest absolute Gasteiger partial charge is 0.164 e. The molecule has 1 heterocycles. The molecular weight excluding hydrogens is 510 g/mol. The van der Waals surface area contributed by atoms with Gasteiger partial charge >= 0.3 is 0 Å². The highest BCUT2D eigenvalue weighted by molar-refractivity contribution is 6.23. The summed E-state index contributed by atoms with van der Waals surface area (Å²) in [5, 5.41) is 7.12. The highest BCUT2D eigenvalue weighted by atomic mass is 15.0. The van der Waals surface area contributed by atoms with E-state index in [9.17, 15) is 0 Å². The van der Waals surface area contributed by atoms with Gasteiger partial charge in [0.25, 0.3) is 0 Å². The van der Waals surface area contributed by atoms with Crippen LogP contribution >= 0.6 is 0 Å². The Morgan fingerprint density at radius 2 is 0.619 bits per heavy atom. The normalized spacial score (nSPS) is 11.3. The summed E-state index contributed by atoms with van der Waals surface area (Å²) in [7, 11) is 0. The van der Waals surface area contributed by atoms with Crippen molar-refractivity contribution in [2.75, 3.05) is 0 Å². The van der Waals surface area contributed by atoms with E-state index in [1.807, 2.05) is 60.7 Å². The monoisotopic (exact) mass is 535 g/mol.